The summed E-state index contributed by atoms with van der Waals surface area (Å²) in [5, 5.41) is 10.9. The molecule has 1 heterocycles. The minimum absolute atomic E-state index is 0.0752. The van der Waals surface area contributed by atoms with Gasteiger partial charge in [0, 0.05) is 5.92 Å². The van der Waals surface area contributed by atoms with Gasteiger partial charge in [0.2, 0.25) is 5.89 Å². The van der Waals surface area contributed by atoms with Crippen molar-refractivity contribution in [3.05, 3.63) is 11.7 Å². The normalized spacial score (nSPS) is 16.0. The molecule has 0 unspecified atom stereocenters. The molecular formula is C7H10N4OS. The van der Waals surface area contributed by atoms with E-state index in [1.807, 2.05) is 0 Å². The third kappa shape index (κ3) is 2.21. The summed E-state index contributed by atoms with van der Waals surface area (Å²) in [5.74, 6) is 2.37. The van der Waals surface area contributed by atoms with Crippen LogP contribution >= 0.6 is 11.8 Å². The quantitative estimate of drug-likeness (QED) is 0.560. The maximum atomic E-state index is 7.00. The summed E-state index contributed by atoms with van der Waals surface area (Å²) in [6.07, 6.45) is 2.33. The smallest absolute Gasteiger partial charge is 0.237 e. The van der Waals surface area contributed by atoms with Gasteiger partial charge in [-0.1, -0.05) is 16.9 Å². The predicted molar refractivity (Wildman–Crippen MR) is 49.5 cm³/mol. The Morgan fingerprint density at radius 3 is 3.08 bits per heavy atom. The first-order chi connectivity index (χ1) is 6.25. The first-order valence-electron chi connectivity index (χ1n) is 4.05. The van der Waals surface area contributed by atoms with Gasteiger partial charge in [0.05, 0.1) is 5.75 Å². The van der Waals surface area contributed by atoms with Gasteiger partial charge in [-0.05, 0) is 12.8 Å². The van der Waals surface area contributed by atoms with Crippen LogP contribution in [0.25, 0.3) is 0 Å². The lowest BCUT2D eigenvalue weighted by molar-refractivity contribution is 0.385. The summed E-state index contributed by atoms with van der Waals surface area (Å²) < 4.78 is 4.98. The number of aromatic nitrogens is 2. The van der Waals surface area contributed by atoms with Crippen molar-refractivity contribution in [2.24, 2.45) is 5.73 Å². The van der Waals surface area contributed by atoms with Gasteiger partial charge < -0.3 is 10.3 Å². The van der Waals surface area contributed by atoms with Crippen molar-refractivity contribution in [2.45, 2.75) is 24.5 Å². The van der Waals surface area contributed by atoms with Crippen LogP contribution in [0, 0.1) is 5.41 Å². The van der Waals surface area contributed by atoms with E-state index in [-0.39, 0.29) is 5.17 Å². The summed E-state index contributed by atoms with van der Waals surface area (Å²) in [4.78, 5) is 4.19. The Morgan fingerprint density at radius 2 is 2.46 bits per heavy atom. The molecule has 0 atom stereocenters. The minimum atomic E-state index is 0.0752. The number of nitrogens with two attached hydrogens (primary N) is 1. The van der Waals surface area contributed by atoms with Crippen molar-refractivity contribution >= 4 is 16.9 Å². The Labute approximate surface area is 79.6 Å². The molecule has 5 nitrogen and oxygen atoms in total. The van der Waals surface area contributed by atoms with Gasteiger partial charge in [0.25, 0.3) is 0 Å². The van der Waals surface area contributed by atoms with Crippen LogP contribution in [0.5, 0.6) is 0 Å². The molecule has 0 amide bonds. The number of amidine groups is 1. The highest BCUT2D eigenvalue weighted by Crippen LogP contribution is 2.38. The van der Waals surface area contributed by atoms with Gasteiger partial charge in [-0.3, -0.25) is 5.41 Å². The van der Waals surface area contributed by atoms with Crippen molar-refractivity contribution in [2.75, 3.05) is 0 Å². The number of nitrogens with zero attached hydrogens (tertiary/aromatic N) is 2. The Morgan fingerprint density at radius 1 is 1.69 bits per heavy atom. The molecule has 0 radical (unpaired) electrons. The number of rotatable bonds is 3. The number of thioether (sulfide) groups is 1. The van der Waals surface area contributed by atoms with Gasteiger partial charge in [-0.2, -0.15) is 4.98 Å². The van der Waals surface area contributed by atoms with E-state index in [2.05, 4.69) is 10.1 Å². The Balaban J connectivity index is 1.92. The van der Waals surface area contributed by atoms with E-state index in [9.17, 15) is 0 Å². The highest BCUT2D eigenvalue weighted by atomic mass is 32.2. The van der Waals surface area contributed by atoms with Crippen LogP contribution in [-0.2, 0) is 5.75 Å². The first-order valence-corrected chi connectivity index (χ1v) is 5.03. The predicted octanol–water partition coefficient (Wildman–Crippen LogP) is 1.07. The van der Waals surface area contributed by atoms with Crippen molar-refractivity contribution in [3.63, 3.8) is 0 Å². The van der Waals surface area contributed by atoms with Crippen LogP contribution in [0.2, 0.25) is 0 Å². The lowest BCUT2D eigenvalue weighted by Crippen LogP contribution is -2.03. The second-order valence-electron chi connectivity index (χ2n) is 2.97. The molecule has 0 bridgehead atoms. The summed E-state index contributed by atoms with van der Waals surface area (Å²) in [7, 11) is 0. The zero-order valence-corrected chi connectivity index (χ0v) is 7.80. The fraction of sp³-hybridized carbons (Fsp3) is 0.571. The molecular weight excluding hydrogens is 188 g/mol. The van der Waals surface area contributed by atoms with Crippen molar-refractivity contribution in [1.29, 1.82) is 5.41 Å². The second-order valence-corrected chi connectivity index (χ2v) is 3.99. The second kappa shape index (κ2) is 3.37. The van der Waals surface area contributed by atoms with E-state index < -0.39 is 0 Å². The van der Waals surface area contributed by atoms with Gasteiger partial charge in [0.1, 0.15) is 0 Å². The molecule has 6 heteroatoms. The standard InChI is InChI=1S/C7H10N4OS/c8-7(9)13-3-5-10-6(11-12-5)4-1-2-4/h4H,1-3H2,(H3,8,9). The number of nitrogens with one attached hydrogen (secondary N) is 1. The van der Waals surface area contributed by atoms with Crippen LogP contribution in [0.15, 0.2) is 4.52 Å². The van der Waals surface area contributed by atoms with E-state index in [1.165, 1.54) is 24.6 Å². The Hall–Kier alpha value is -1.04. The SMILES string of the molecule is N=C(N)SCc1nc(C2CC2)no1. The molecule has 13 heavy (non-hydrogen) atoms. The average Bonchev–Trinajstić information content (AvgIpc) is 2.83. The highest BCUT2D eigenvalue weighted by molar-refractivity contribution is 8.12. The van der Waals surface area contributed by atoms with Crippen molar-refractivity contribution < 1.29 is 4.52 Å². The molecule has 0 saturated heterocycles. The maximum Gasteiger partial charge on any atom is 0.237 e. The molecule has 1 aromatic heterocycles. The molecule has 1 aromatic rings. The molecule has 3 N–H and O–H groups in total. The minimum Gasteiger partial charge on any atom is -0.379 e. The Kier molecular flexibility index (Phi) is 2.22. The summed E-state index contributed by atoms with van der Waals surface area (Å²) in [6.45, 7) is 0. The lowest BCUT2D eigenvalue weighted by Gasteiger charge is -1.90. The number of hydrogen-bond acceptors (Lipinski definition) is 5. The molecule has 1 aliphatic rings. The monoisotopic (exact) mass is 198 g/mol. The molecule has 1 aliphatic carbocycles. The fourth-order valence-corrected chi connectivity index (χ4v) is 1.37. The molecule has 0 aliphatic heterocycles. The van der Waals surface area contributed by atoms with Crippen LogP contribution in [0.1, 0.15) is 30.5 Å². The molecule has 1 saturated carbocycles. The third-order valence-corrected chi connectivity index (χ3v) is 2.48. The summed E-state index contributed by atoms with van der Waals surface area (Å²) in [6, 6.07) is 0. The molecule has 0 spiro atoms. The van der Waals surface area contributed by atoms with E-state index in [1.54, 1.807) is 0 Å². The zero-order valence-electron chi connectivity index (χ0n) is 6.99. The zero-order chi connectivity index (χ0) is 9.26. The number of hydrogen-bond donors (Lipinski definition) is 2. The summed E-state index contributed by atoms with van der Waals surface area (Å²) in [5.41, 5.74) is 5.18. The van der Waals surface area contributed by atoms with Crippen molar-refractivity contribution in [3.8, 4) is 0 Å². The average molecular weight is 198 g/mol. The topological polar surface area (TPSA) is 88.8 Å². The van der Waals surface area contributed by atoms with Crippen LogP contribution in [-0.4, -0.2) is 15.3 Å². The van der Waals surface area contributed by atoms with Gasteiger partial charge in [-0.25, -0.2) is 0 Å². The maximum absolute atomic E-state index is 7.00. The van der Waals surface area contributed by atoms with Gasteiger partial charge in [0.15, 0.2) is 11.0 Å². The van der Waals surface area contributed by atoms with Gasteiger partial charge in [-0.15, -0.1) is 0 Å². The van der Waals surface area contributed by atoms with Crippen molar-refractivity contribution in [1.82, 2.24) is 10.1 Å². The van der Waals surface area contributed by atoms with E-state index in [0.29, 0.717) is 17.6 Å². The van der Waals surface area contributed by atoms with E-state index >= 15 is 0 Å². The molecule has 2 rings (SSSR count). The molecule has 70 valence electrons. The van der Waals surface area contributed by atoms with Crippen LogP contribution < -0.4 is 5.73 Å². The molecule has 0 aromatic carbocycles. The summed E-state index contributed by atoms with van der Waals surface area (Å²) >= 11 is 1.19. The fourth-order valence-electron chi connectivity index (χ4n) is 0.974. The van der Waals surface area contributed by atoms with Crippen LogP contribution in [0.3, 0.4) is 0 Å². The third-order valence-electron chi connectivity index (χ3n) is 1.78. The van der Waals surface area contributed by atoms with E-state index in [0.717, 1.165) is 5.82 Å². The van der Waals surface area contributed by atoms with Crippen LogP contribution in [0.4, 0.5) is 0 Å². The molecule has 1 fully saturated rings. The van der Waals surface area contributed by atoms with Gasteiger partial charge >= 0.3 is 0 Å². The Bertz CT molecular complexity index is 320. The largest absolute Gasteiger partial charge is 0.379 e. The highest BCUT2D eigenvalue weighted by Gasteiger charge is 2.28. The lowest BCUT2D eigenvalue weighted by atomic mass is 10.4. The van der Waals surface area contributed by atoms with E-state index in [4.69, 9.17) is 15.7 Å². The first kappa shape index (κ1) is 8.55.